The molecule has 0 spiro atoms. The number of hydrogen-bond donors (Lipinski definition) is 4. The second-order valence-corrected chi connectivity index (χ2v) is 9.96. The van der Waals surface area contributed by atoms with E-state index in [1.165, 1.54) is 0 Å². The summed E-state index contributed by atoms with van der Waals surface area (Å²) in [6.07, 6.45) is -11.0. The number of aliphatic carboxylic acids is 8. The van der Waals surface area contributed by atoms with Crippen molar-refractivity contribution in [1.29, 1.82) is 0 Å². The summed E-state index contributed by atoms with van der Waals surface area (Å²) in [5.41, 5.74) is -12.2. The average Bonchev–Trinajstić information content (AvgIpc) is 3.03. The van der Waals surface area contributed by atoms with Crippen molar-refractivity contribution in [1.82, 2.24) is 6.15 Å². The molecule has 328 valence electrons. The second kappa shape index (κ2) is 34.2. The van der Waals surface area contributed by atoms with Gasteiger partial charge in [0.15, 0.2) is 0 Å². The van der Waals surface area contributed by atoms with Crippen molar-refractivity contribution in [2.45, 2.75) is 73.8 Å². The van der Waals surface area contributed by atoms with Crippen molar-refractivity contribution in [2.75, 3.05) is 0 Å². The zero-order valence-corrected chi connectivity index (χ0v) is 34.0. The van der Waals surface area contributed by atoms with Gasteiger partial charge in [0, 0.05) is 55.5 Å². The van der Waals surface area contributed by atoms with E-state index in [2.05, 4.69) is 19.6 Å². The fourth-order valence-electron chi connectivity index (χ4n) is 2.84. The van der Waals surface area contributed by atoms with Gasteiger partial charge in [0.25, 0.3) is 5.97 Å². The van der Waals surface area contributed by atoms with Crippen LogP contribution in [0.4, 0.5) is 0 Å². The van der Waals surface area contributed by atoms with Gasteiger partial charge in [-0.2, -0.15) is 0 Å². The maximum absolute atomic E-state index is 11.1. The molecule has 0 amide bonds. The molecule has 0 aromatic rings. The van der Waals surface area contributed by atoms with Crippen LogP contribution in [0.2, 0.25) is 0 Å². The largest absolute Gasteiger partial charge is 4.00 e. The molecule has 0 aromatic heterocycles. The predicted octanol–water partition coefficient (Wildman–Crippen LogP) is -21.0. The number of aliphatic hydroxyl groups is 3. The summed E-state index contributed by atoms with van der Waals surface area (Å²) in [5.74, 6) is -23.1. The number of carbonyl (C=O) groups is 12. The van der Waals surface area contributed by atoms with Gasteiger partial charge in [0.1, 0.15) is 16.8 Å². The Morgan fingerprint density at radius 1 is 0.350 bits per heavy atom. The molecule has 0 aromatic carbocycles. The third-order valence-electron chi connectivity index (χ3n) is 5.36. The van der Waals surface area contributed by atoms with Crippen LogP contribution in [0.5, 0.6) is 0 Å². The molecule has 60 heavy (non-hydrogen) atoms. The summed E-state index contributed by atoms with van der Waals surface area (Å²) < 4.78 is 0. The summed E-state index contributed by atoms with van der Waals surface area (Å²) in [7, 11) is 0. The van der Waals surface area contributed by atoms with Gasteiger partial charge in [0.2, 0.25) is 0 Å². The van der Waals surface area contributed by atoms with E-state index in [9.17, 15) is 125 Å². The molecule has 36 heteroatoms. The monoisotopic (exact) mass is 981 g/mol. The maximum atomic E-state index is 11.1. The molecule has 0 aliphatic heterocycles. The van der Waals surface area contributed by atoms with Crippen molar-refractivity contribution in [3.8, 4) is 0 Å². The predicted molar refractivity (Wildman–Crippen MR) is 125 cm³/mol. The number of quaternary nitrogens is 1. The van der Waals surface area contributed by atoms with Crippen molar-refractivity contribution >= 4 is 71.6 Å². The van der Waals surface area contributed by atoms with Crippen molar-refractivity contribution in [2.24, 2.45) is 0 Å². The minimum absolute atomic E-state index is 0. The minimum atomic E-state index is -3.24. The Labute approximate surface area is 374 Å². The van der Waals surface area contributed by atoms with Crippen LogP contribution in [0, 0.1) is 0 Å². The molecule has 4 unspecified atom stereocenters. The number of rotatable bonds is 20. The molecule has 0 heterocycles. The Balaban J connectivity index is -0.0000000980. The van der Waals surface area contributed by atoms with E-state index in [0.29, 0.717) is 0 Å². The van der Waals surface area contributed by atoms with Gasteiger partial charge in [-0.15, -0.1) is 0 Å². The molecule has 7 N–H and O–H groups in total. The third-order valence-corrected chi connectivity index (χ3v) is 5.36. The van der Waals surface area contributed by atoms with E-state index in [4.69, 9.17) is 15.3 Å². The first-order valence-corrected chi connectivity index (χ1v) is 13.1. The Kier molecular flexibility index (Phi) is 41.6. The van der Waals surface area contributed by atoms with Crippen LogP contribution in [0.1, 0.15) is 51.4 Å². The fourth-order valence-corrected chi connectivity index (χ4v) is 2.84. The third kappa shape index (κ3) is 32.3. The summed E-state index contributed by atoms with van der Waals surface area (Å²) in [5, 5.41) is 157. The molecule has 0 saturated heterocycles. The first-order chi connectivity index (χ1) is 25.3. The molecular weight excluding hydrogens is 958 g/mol. The van der Waals surface area contributed by atoms with Crippen LogP contribution >= 0.6 is 0 Å². The second-order valence-electron chi connectivity index (χ2n) is 9.96. The van der Waals surface area contributed by atoms with Crippen molar-refractivity contribution < 1.29 is 225 Å². The van der Waals surface area contributed by atoms with Gasteiger partial charge in [0.05, 0.1) is 37.2 Å². The number of carbonyl (C=O) groups excluding carboxylic acids is 12. The van der Waals surface area contributed by atoms with Gasteiger partial charge in [-0.25, -0.2) is 0 Å². The molecule has 0 fully saturated rings. The van der Waals surface area contributed by atoms with Crippen molar-refractivity contribution in [3.63, 3.8) is 0 Å². The average molecular weight is 981 g/mol. The fraction of sp³-hybridized carbons (Fsp3) is 0.500. The Bertz CT molecular complexity index is 1270. The number of hydrogen-bond acceptors (Lipinski definition) is 32. The quantitative estimate of drug-likeness (QED) is 0.0500. The zero-order valence-electron chi connectivity index (χ0n) is 29.3. The molecule has 33 nitrogen and oxygen atoms in total. The van der Waals surface area contributed by atoms with Crippen LogP contribution in [-0.2, 0) is 142 Å². The summed E-state index contributed by atoms with van der Waals surface area (Å²) >= 11 is 0. The van der Waals surface area contributed by atoms with Gasteiger partial charge < -0.3 is 146 Å². The zero-order chi connectivity index (χ0) is 45.4. The van der Waals surface area contributed by atoms with Gasteiger partial charge >= 0.3 is 83.1 Å². The molecule has 0 saturated carbocycles. The number of carboxylic acid groups (broad SMARTS) is 8. The minimum Gasteiger partial charge on any atom is -0.844 e. The normalized spacial score (nSPS) is 13.2. The van der Waals surface area contributed by atoms with Crippen molar-refractivity contribution in [3.05, 3.63) is 0 Å². The number of carboxylic acids is 8. The first-order valence-electron chi connectivity index (χ1n) is 13.1. The Morgan fingerprint density at radius 2 is 0.533 bits per heavy atom. The Hall–Kier alpha value is -4.58. The standard InChI is InChI=1S/3C6H8O8.C6H7O8.H3N.3Ti/c4*7-3(8)1-6(12,5(10)11)2-4(9)14-13;;;;/h3*12-13H,1-2H2,(H,7,8)(H,10,11);13H,1-2H2,(H,7,8)(H,10,11);1H3;;;/q;;;-1;;3*+4/p-11. The molecule has 0 bridgehead atoms. The van der Waals surface area contributed by atoms with Crippen LogP contribution in [-0.4, -0.2) is 109 Å². The molecule has 4 atom stereocenters. The van der Waals surface area contributed by atoms with Gasteiger partial charge in [-0.05, 0) is 6.42 Å². The SMILES string of the molecule is O=C([O-])CC(O)(CC(=O)O[O-])C(=O)[O-].O=C([O-])CC(O)(CC(=O)O[O-])C(=O)[O-].O=C([O-])CC(O)(CC(=O)O[O-])C(=O)[O-].O=C([O-])CC([O-])(CC(=O)O[O-])C(=O)[O-].[NH4+].[Ti+4].[Ti+4].[Ti+4]. The van der Waals surface area contributed by atoms with E-state index in [0.717, 1.165) is 0 Å². The van der Waals surface area contributed by atoms with Gasteiger partial charge in [-0.1, -0.05) is 5.60 Å². The van der Waals surface area contributed by atoms with E-state index >= 15 is 0 Å². The molecule has 0 radical (unpaired) electrons. The van der Waals surface area contributed by atoms with Crippen LogP contribution in [0.25, 0.3) is 0 Å². The van der Waals surface area contributed by atoms with Crippen LogP contribution < -0.4 is 73.1 Å². The maximum Gasteiger partial charge on any atom is 4.00 e. The van der Waals surface area contributed by atoms with Gasteiger partial charge in [-0.3, -0.25) is 19.2 Å². The molecule has 0 aliphatic carbocycles. The molecule has 0 aliphatic rings. The summed E-state index contributed by atoms with van der Waals surface area (Å²) in [4.78, 5) is 133. The smallest absolute Gasteiger partial charge is 0.844 e. The molecular formula is C24H23NO32Ti3. The van der Waals surface area contributed by atoms with Crippen LogP contribution in [0.3, 0.4) is 0 Å². The summed E-state index contributed by atoms with van der Waals surface area (Å²) in [6, 6.07) is 0. The molecule has 0 rings (SSSR count). The summed E-state index contributed by atoms with van der Waals surface area (Å²) in [6.45, 7) is 0. The van der Waals surface area contributed by atoms with Crippen LogP contribution in [0.15, 0.2) is 0 Å². The topological polar surface area (TPSA) is 639 Å². The van der Waals surface area contributed by atoms with E-state index in [1.807, 2.05) is 0 Å². The van der Waals surface area contributed by atoms with E-state index in [1.54, 1.807) is 0 Å². The van der Waals surface area contributed by atoms with E-state index in [-0.39, 0.29) is 71.3 Å². The first kappa shape index (κ1) is 73.0. The van der Waals surface area contributed by atoms with E-state index < -0.39 is 145 Å². The Morgan fingerprint density at radius 3 is 0.667 bits per heavy atom.